The fraction of sp³-hybridized carbons (Fsp3) is 0.500. The number of piperazine rings is 1. The van der Waals surface area contributed by atoms with Gasteiger partial charge in [-0.2, -0.15) is 0 Å². The number of nitrogens with one attached hydrogen (secondary N) is 2. The summed E-state index contributed by atoms with van der Waals surface area (Å²) in [6.07, 6.45) is 0.895. The highest BCUT2D eigenvalue weighted by Gasteiger charge is 2.50. The van der Waals surface area contributed by atoms with E-state index < -0.39 is 5.41 Å². The van der Waals surface area contributed by atoms with Gasteiger partial charge in [0.05, 0.1) is 0 Å². The molecule has 0 radical (unpaired) electrons. The van der Waals surface area contributed by atoms with E-state index in [4.69, 9.17) is 4.74 Å². The molecule has 6 heteroatoms. The van der Waals surface area contributed by atoms with Gasteiger partial charge in [-0.25, -0.2) is 0 Å². The van der Waals surface area contributed by atoms with Gasteiger partial charge in [0.1, 0.15) is 17.8 Å². The molecule has 0 unspecified atom stereocenters. The molecule has 1 atom stereocenters. The number of carbonyl (C=O) groups excluding carboxylic acids is 2. The highest BCUT2D eigenvalue weighted by atomic mass is 16.5. The third kappa shape index (κ3) is 1.98. The van der Waals surface area contributed by atoms with Crippen molar-refractivity contribution in [2.24, 2.45) is 0 Å². The standard InChI is InChI=1S/C16H19N3O3/c20-14-3-4-16(15(21)18-14)10-22-13-9-11(1-2-12(13)16)19-7-5-17-6-8-19/h1-2,9,17H,3-8,10H2,(H,18,20,21)/t16-/m0/s1. The minimum Gasteiger partial charge on any atom is -0.492 e. The molecule has 0 aliphatic carbocycles. The molecule has 3 aliphatic rings. The molecule has 4 rings (SSSR count). The first-order chi connectivity index (χ1) is 10.7. The van der Waals surface area contributed by atoms with E-state index in [0.717, 1.165) is 43.2 Å². The molecular formula is C16H19N3O3. The number of nitrogens with zero attached hydrogens (tertiary/aromatic N) is 1. The summed E-state index contributed by atoms with van der Waals surface area (Å²) in [4.78, 5) is 26.1. The second-order valence-electron chi connectivity index (χ2n) is 6.17. The number of imide groups is 1. The number of hydrogen-bond donors (Lipinski definition) is 2. The number of piperidine rings is 1. The van der Waals surface area contributed by atoms with Gasteiger partial charge in [-0.15, -0.1) is 0 Å². The predicted molar refractivity (Wildman–Crippen MR) is 81.1 cm³/mol. The fourth-order valence-electron chi connectivity index (χ4n) is 3.57. The molecule has 1 aromatic carbocycles. The third-order valence-corrected chi connectivity index (χ3v) is 4.90. The molecule has 1 spiro atoms. The Morgan fingerprint density at radius 2 is 2.00 bits per heavy atom. The normalized spacial score (nSPS) is 27.5. The average molecular weight is 301 g/mol. The first-order valence-electron chi connectivity index (χ1n) is 7.76. The molecule has 2 amide bonds. The minimum absolute atomic E-state index is 0.193. The van der Waals surface area contributed by atoms with Crippen LogP contribution in [0.25, 0.3) is 0 Å². The fourth-order valence-corrected chi connectivity index (χ4v) is 3.57. The van der Waals surface area contributed by atoms with Crippen LogP contribution in [0.15, 0.2) is 18.2 Å². The summed E-state index contributed by atoms with van der Waals surface area (Å²) >= 11 is 0. The van der Waals surface area contributed by atoms with Gasteiger partial charge >= 0.3 is 0 Å². The molecule has 0 saturated carbocycles. The van der Waals surface area contributed by atoms with Crippen LogP contribution < -0.4 is 20.3 Å². The van der Waals surface area contributed by atoms with Crippen molar-refractivity contribution in [2.75, 3.05) is 37.7 Å². The number of carbonyl (C=O) groups is 2. The van der Waals surface area contributed by atoms with E-state index in [-0.39, 0.29) is 11.8 Å². The van der Waals surface area contributed by atoms with Crippen molar-refractivity contribution < 1.29 is 14.3 Å². The summed E-state index contributed by atoms with van der Waals surface area (Å²) in [5, 5.41) is 5.79. The Morgan fingerprint density at radius 3 is 2.77 bits per heavy atom. The van der Waals surface area contributed by atoms with Gasteiger partial charge in [0.25, 0.3) is 0 Å². The van der Waals surface area contributed by atoms with Crippen LogP contribution in [0.2, 0.25) is 0 Å². The lowest BCUT2D eigenvalue weighted by molar-refractivity contribution is -0.138. The van der Waals surface area contributed by atoms with Gasteiger partial charge in [0.2, 0.25) is 11.8 Å². The molecule has 2 fully saturated rings. The summed E-state index contributed by atoms with van der Waals surface area (Å²) in [6, 6.07) is 6.08. The Hall–Kier alpha value is -2.08. The van der Waals surface area contributed by atoms with Crippen LogP contribution in [-0.2, 0) is 15.0 Å². The largest absolute Gasteiger partial charge is 0.492 e. The SMILES string of the molecule is O=C1CC[C@@]2(COc3cc(N4CCNCC4)ccc32)C(=O)N1. The second-order valence-corrected chi connectivity index (χ2v) is 6.17. The number of amides is 2. The predicted octanol–water partition coefficient (Wildman–Crippen LogP) is 0.163. The van der Waals surface area contributed by atoms with Crippen LogP contribution in [0.4, 0.5) is 5.69 Å². The van der Waals surface area contributed by atoms with E-state index in [1.807, 2.05) is 12.1 Å². The lowest BCUT2D eigenvalue weighted by Crippen LogP contribution is -2.52. The Labute approximate surface area is 128 Å². The van der Waals surface area contributed by atoms with Crippen molar-refractivity contribution in [3.8, 4) is 5.75 Å². The maximum Gasteiger partial charge on any atom is 0.240 e. The Bertz CT molecular complexity index is 640. The van der Waals surface area contributed by atoms with E-state index in [2.05, 4.69) is 21.6 Å². The van der Waals surface area contributed by atoms with E-state index in [1.165, 1.54) is 0 Å². The topological polar surface area (TPSA) is 70.7 Å². The number of rotatable bonds is 1. The van der Waals surface area contributed by atoms with E-state index in [1.54, 1.807) is 0 Å². The Kier molecular flexibility index (Phi) is 3.07. The zero-order chi connectivity index (χ0) is 15.2. The van der Waals surface area contributed by atoms with Gasteiger partial charge in [-0.3, -0.25) is 14.9 Å². The zero-order valence-electron chi connectivity index (χ0n) is 12.4. The minimum atomic E-state index is -0.689. The number of ether oxygens (including phenoxy) is 1. The summed E-state index contributed by atoms with van der Waals surface area (Å²) < 4.78 is 5.81. The van der Waals surface area contributed by atoms with Gasteiger partial charge in [-0.1, -0.05) is 6.07 Å². The molecule has 1 aromatic rings. The van der Waals surface area contributed by atoms with Crippen LogP contribution in [0.3, 0.4) is 0 Å². The molecular weight excluding hydrogens is 282 g/mol. The van der Waals surface area contributed by atoms with Crippen molar-refractivity contribution in [3.63, 3.8) is 0 Å². The van der Waals surface area contributed by atoms with Crippen LogP contribution in [0.5, 0.6) is 5.75 Å². The molecule has 3 aliphatic heterocycles. The van der Waals surface area contributed by atoms with Crippen molar-refractivity contribution in [2.45, 2.75) is 18.3 Å². The van der Waals surface area contributed by atoms with Crippen LogP contribution in [0, 0.1) is 0 Å². The number of hydrogen-bond acceptors (Lipinski definition) is 5. The van der Waals surface area contributed by atoms with Crippen LogP contribution in [-0.4, -0.2) is 44.6 Å². The maximum atomic E-state index is 12.3. The van der Waals surface area contributed by atoms with Crippen LogP contribution in [0.1, 0.15) is 18.4 Å². The smallest absolute Gasteiger partial charge is 0.240 e. The van der Waals surface area contributed by atoms with Gasteiger partial charge < -0.3 is 15.0 Å². The highest BCUT2D eigenvalue weighted by molar-refractivity contribution is 6.04. The molecule has 2 saturated heterocycles. The molecule has 0 bridgehead atoms. The first-order valence-corrected chi connectivity index (χ1v) is 7.76. The summed E-state index contributed by atoms with van der Waals surface area (Å²) in [6.45, 7) is 4.23. The van der Waals surface area contributed by atoms with E-state index in [0.29, 0.717) is 19.4 Å². The summed E-state index contributed by atoms with van der Waals surface area (Å²) in [5.74, 6) is 0.361. The molecule has 6 nitrogen and oxygen atoms in total. The van der Waals surface area contributed by atoms with Crippen molar-refractivity contribution in [1.29, 1.82) is 0 Å². The highest BCUT2D eigenvalue weighted by Crippen LogP contribution is 2.45. The first kappa shape index (κ1) is 13.6. The van der Waals surface area contributed by atoms with Crippen molar-refractivity contribution >= 4 is 17.5 Å². The lowest BCUT2D eigenvalue weighted by atomic mass is 9.75. The molecule has 116 valence electrons. The second kappa shape index (κ2) is 4.98. The number of anilines is 1. The van der Waals surface area contributed by atoms with E-state index in [9.17, 15) is 9.59 Å². The molecule has 22 heavy (non-hydrogen) atoms. The average Bonchev–Trinajstić information content (AvgIpc) is 2.91. The maximum absolute atomic E-state index is 12.3. The molecule has 2 N–H and O–H groups in total. The van der Waals surface area contributed by atoms with Gasteiger partial charge in [0, 0.05) is 49.9 Å². The monoisotopic (exact) mass is 301 g/mol. The number of fused-ring (bicyclic) bond motifs is 2. The van der Waals surface area contributed by atoms with E-state index >= 15 is 0 Å². The zero-order valence-corrected chi connectivity index (χ0v) is 12.4. The lowest BCUT2D eigenvalue weighted by Gasteiger charge is -2.31. The third-order valence-electron chi connectivity index (χ3n) is 4.90. The van der Waals surface area contributed by atoms with Gasteiger partial charge in [0.15, 0.2) is 0 Å². The summed E-state index contributed by atoms with van der Waals surface area (Å²) in [7, 11) is 0. The Balaban J connectivity index is 1.66. The Morgan fingerprint density at radius 1 is 1.18 bits per heavy atom. The van der Waals surface area contributed by atoms with Gasteiger partial charge in [-0.05, 0) is 12.5 Å². The molecule has 0 aromatic heterocycles. The van der Waals surface area contributed by atoms with Crippen LogP contribution >= 0.6 is 0 Å². The van der Waals surface area contributed by atoms with Crippen molar-refractivity contribution in [3.05, 3.63) is 23.8 Å². The molecule has 3 heterocycles. The summed E-state index contributed by atoms with van der Waals surface area (Å²) in [5.41, 5.74) is 1.35. The quantitative estimate of drug-likeness (QED) is 0.723. The number of benzene rings is 1. The van der Waals surface area contributed by atoms with Crippen molar-refractivity contribution in [1.82, 2.24) is 10.6 Å².